The van der Waals surface area contributed by atoms with Gasteiger partial charge >= 0.3 is 11.9 Å². The third-order valence-electron chi connectivity index (χ3n) is 4.60. The first-order valence-corrected chi connectivity index (χ1v) is 10.6. The largest absolute Gasteiger partial charge is 0.492 e. The first-order chi connectivity index (χ1) is 15.0. The molecule has 0 saturated carbocycles. The van der Waals surface area contributed by atoms with Crippen molar-refractivity contribution in [1.82, 2.24) is 0 Å². The van der Waals surface area contributed by atoms with E-state index >= 15 is 0 Å². The molecule has 0 heterocycles. The average Bonchev–Trinajstić information content (AvgIpc) is 2.75. The lowest BCUT2D eigenvalue weighted by Gasteiger charge is -2.18. The molecule has 0 aromatic heterocycles. The Kier molecular flexibility index (Phi) is 7.95. The van der Waals surface area contributed by atoms with Gasteiger partial charge in [0.05, 0.1) is 39.3 Å². The Bertz CT molecular complexity index is 1080. The summed E-state index contributed by atoms with van der Waals surface area (Å²) < 4.78 is 22.0. The minimum Gasteiger partial charge on any atom is -0.492 e. The first kappa shape index (κ1) is 22.7. The van der Waals surface area contributed by atoms with Crippen molar-refractivity contribution in [3.8, 4) is 11.5 Å². The number of carbonyl (C=O) groups is 2. The second-order valence-electron chi connectivity index (χ2n) is 6.70. The van der Waals surface area contributed by atoms with Crippen molar-refractivity contribution < 1.29 is 28.5 Å². The van der Waals surface area contributed by atoms with E-state index in [-0.39, 0.29) is 38.0 Å². The maximum atomic E-state index is 11.7. The SMILES string of the molecule is CCOC(=O)CCOc1c2ccccc2c(OCCC(=O)OCC)c2cc(Cl)ccc12. The molecule has 164 valence electrons. The molecule has 3 aromatic rings. The highest BCUT2D eigenvalue weighted by molar-refractivity contribution is 6.31. The van der Waals surface area contributed by atoms with Crippen LogP contribution in [-0.4, -0.2) is 38.4 Å². The Morgan fingerprint density at radius 1 is 0.742 bits per heavy atom. The molecule has 7 heteroatoms. The van der Waals surface area contributed by atoms with Gasteiger partial charge in [-0.15, -0.1) is 0 Å². The van der Waals surface area contributed by atoms with Gasteiger partial charge in [0.15, 0.2) is 0 Å². The van der Waals surface area contributed by atoms with Crippen LogP contribution in [0, 0.1) is 0 Å². The molecule has 3 aromatic carbocycles. The normalized spacial score (nSPS) is 10.8. The zero-order valence-corrected chi connectivity index (χ0v) is 18.4. The van der Waals surface area contributed by atoms with Crippen molar-refractivity contribution in [1.29, 1.82) is 0 Å². The van der Waals surface area contributed by atoms with Crippen molar-refractivity contribution in [2.45, 2.75) is 26.7 Å². The number of rotatable bonds is 10. The van der Waals surface area contributed by atoms with E-state index in [0.29, 0.717) is 29.7 Å². The highest BCUT2D eigenvalue weighted by atomic mass is 35.5. The van der Waals surface area contributed by atoms with E-state index in [0.717, 1.165) is 21.5 Å². The average molecular weight is 445 g/mol. The van der Waals surface area contributed by atoms with E-state index in [9.17, 15) is 9.59 Å². The smallest absolute Gasteiger partial charge is 0.309 e. The van der Waals surface area contributed by atoms with Gasteiger partial charge in [0.2, 0.25) is 0 Å². The molecular weight excluding hydrogens is 420 g/mol. The van der Waals surface area contributed by atoms with Crippen molar-refractivity contribution >= 4 is 45.1 Å². The summed E-state index contributed by atoms with van der Waals surface area (Å²) in [4.78, 5) is 23.4. The van der Waals surface area contributed by atoms with Crippen LogP contribution in [0.2, 0.25) is 5.02 Å². The number of halogens is 1. The fourth-order valence-corrected chi connectivity index (χ4v) is 3.49. The number of esters is 2. The van der Waals surface area contributed by atoms with Crippen molar-refractivity contribution in [3.05, 3.63) is 47.5 Å². The van der Waals surface area contributed by atoms with E-state index in [1.54, 1.807) is 26.0 Å². The van der Waals surface area contributed by atoms with Crippen LogP contribution in [-0.2, 0) is 19.1 Å². The number of ether oxygens (including phenoxy) is 4. The Labute approximate surface area is 186 Å². The monoisotopic (exact) mass is 444 g/mol. The molecule has 0 fully saturated rings. The second kappa shape index (κ2) is 10.9. The molecule has 0 amide bonds. The van der Waals surface area contributed by atoms with Crippen LogP contribution < -0.4 is 9.47 Å². The lowest BCUT2D eigenvalue weighted by Crippen LogP contribution is -2.11. The van der Waals surface area contributed by atoms with E-state index in [1.165, 1.54) is 0 Å². The van der Waals surface area contributed by atoms with Crippen molar-refractivity contribution in [3.63, 3.8) is 0 Å². The molecule has 0 aliphatic heterocycles. The first-order valence-electron chi connectivity index (χ1n) is 10.3. The maximum absolute atomic E-state index is 11.7. The van der Waals surface area contributed by atoms with Gasteiger partial charge in [-0.1, -0.05) is 35.9 Å². The van der Waals surface area contributed by atoms with Crippen LogP contribution in [0.1, 0.15) is 26.7 Å². The summed E-state index contributed by atoms with van der Waals surface area (Å²) in [7, 11) is 0. The van der Waals surface area contributed by atoms with E-state index in [2.05, 4.69) is 0 Å². The van der Waals surface area contributed by atoms with Crippen LogP contribution in [0.5, 0.6) is 11.5 Å². The molecule has 0 saturated heterocycles. The summed E-state index contributed by atoms with van der Waals surface area (Å²) in [6.45, 7) is 4.56. The van der Waals surface area contributed by atoms with Gasteiger partial charge < -0.3 is 18.9 Å². The van der Waals surface area contributed by atoms with Crippen LogP contribution in [0.25, 0.3) is 21.5 Å². The van der Waals surface area contributed by atoms with E-state index in [4.69, 9.17) is 30.5 Å². The predicted molar refractivity (Wildman–Crippen MR) is 120 cm³/mol. The Morgan fingerprint density at radius 2 is 1.23 bits per heavy atom. The Hall–Kier alpha value is -2.99. The van der Waals surface area contributed by atoms with Gasteiger partial charge in [-0.2, -0.15) is 0 Å². The summed E-state index contributed by atoms with van der Waals surface area (Å²) in [5.74, 6) is 0.644. The molecule has 0 N–H and O–H groups in total. The maximum Gasteiger partial charge on any atom is 0.309 e. The molecule has 6 nitrogen and oxygen atoms in total. The predicted octanol–water partition coefficient (Wildman–Crippen LogP) is 5.31. The van der Waals surface area contributed by atoms with Gasteiger partial charge in [-0.3, -0.25) is 9.59 Å². The molecule has 0 aliphatic rings. The number of benzene rings is 3. The quantitative estimate of drug-likeness (QED) is 0.311. The molecule has 0 radical (unpaired) electrons. The summed E-state index contributed by atoms with van der Waals surface area (Å²) >= 11 is 6.27. The fourth-order valence-electron chi connectivity index (χ4n) is 3.32. The standard InChI is InChI=1S/C24H25ClO6/c1-3-28-21(26)11-13-30-23-17-7-5-6-8-18(17)24(31-14-12-22(27)29-4-2)20-15-16(25)9-10-19(20)23/h5-10,15H,3-4,11-14H2,1-2H3. The van der Waals surface area contributed by atoms with Gasteiger partial charge in [-0.05, 0) is 32.0 Å². The summed E-state index contributed by atoms with van der Waals surface area (Å²) in [5.41, 5.74) is 0. The highest BCUT2D eigenvalue weighted by Gasteiger charge is 2.17. The summed E-state index contributed by atoms with van der Waals surface area (Å²) in [5, 5.41) is 3.79. The minimum absolute atomic E-state index is 0.141. The molecule has 0 atom stereocenters. The van der Waals surface area contributed by atoms with Crippen molar-refractivity contribution in [2.75, 3.05) is 26.4 Å². The molecular formula is C24H25ClO6. The van der Waals surface area contributed by atoms with E-state index < -0.39 is 0 Å². The van der Waals surface area contributed by atoms with Gasteiger partial charge in [-0.25, -0.2) is 0 Å². The third-order valence-corrected chi connectivity index (χ3v) is 4.84. The minimum atomic E-state index is -0.312. The number of carbonyl (C=O) groups excluding carboxylic acids is 2. The molecule has 0 unspecified atom stereocenters. The van der Waals surface area contributed by atoms with Crippen LogP contribution in [0.3, 0.4) is 0 Å². The highest BCUT2D eigenvalue weighted by Crippen LogP contribution is 2.43. The summed E-state index contributed by atoms with van der Waals surface area (Å²) in [6, 6.07) is 13.1. The zero-order chi connectivity index (χ0) is 22.2. The Balaban J connectivity index is 1.99. The van der Waals surface area contributed by atoms with Crippen LogP contribution >= 0.6 is 11.6 Å². The molecule has 0 spiro atoms. The zero-order valence-electron chi connectivity index (χ0n) is 17.6. The Morgan fingerprint density at radius 3 is 1.74 bits per heavy atom. The molecule has 31 heavy (non-hydrogen) atoms. The van der Waals surface area contributed by atoms with Crippen LogP contribution in [0.4, 0.5) is 0 Å². The number of fused-ring (bicyclic) bond motifs is 2. The second-order valence-corrected chi connectivity index (χ2v) is 7.14. The lowest BCUT2D eigenvalue weighted by molar-refractivity contribution is -0.144. The third kappa shape index (κ3) is 5.58. The van der Waals surface area contributed by atoms with Gasteiger partial charge in [0.25, 0.3) is 0 Å². The molecule has 3 rings (SSSR count). The van der Waals surface area contributed by atoms with Crippen molar-refractivity contribution in [2.24, 2.45) is 0 Å². The van der Waals surface area contributed by atoms with Crippen LogP contribution in [0.15, 0.2) is 42.5 Å². The molecule has 0 bridgehead atoms. The number of hydrogen-bond donors (Lipinski definition) is 0. The summed E-state index contributed by atoms with van der Waals surface area (Å²) in [6.07, 6.45) is 0.289. The van der Waals surface area contributed by atoms with Gasteiger partial charge in [0, 0.05) is 26.6 Å². The number of hydrogen-bond acceptors (Lipinski definition) is 6. The van der Waals surface area contributed by atoms with E-state index in [1.807, 2.05) is 30.3 Å². The van der Waals surface area contributed by atoms with Gasteiger partial charge in [0.1, 0.15) is 11.5 Å². The topological polar surface area (TPSA) is 71.1 Å². The molecule has 0 aliphatic carbocycles. The lowest BCUT2D eigenvalue weighted by atomic mass is 10.0. The fraction of sp³-hybridized carbons (Fsp3) is 0.333.